The molecule has 0 saturated carbocycles. The maximum atomic E-state index is 12.7. The Labute approximate surface area is 152 Å². The second-order valence-electron chi connectivity index (χ2n) is 6.66. The summed E-state index contributed by atoms with van der Waals surface area (Å²) in [5.41, 5.74) is 0.470. The van der Waals surface area contributed by atoms with Gasteiger partial charge in [-0.15, -0.1) is 4.40 Å². The number of carboxylic acids is 1. The maximum Gasteiger partial charge on any atom is 0.308 e. The second-order valence-corrected chi connectivity index (χ2v) is 8.23. The average molecular weight is 379 g/mol. The van der Waals surface area contributed by atoms with Gasteiger partial charge in [-0.2, -0.15) is 8.42 Å². The molecular formula is C17H21N3O5S. The van der Waals surface area contributed by atoms with E-state index in [0.29, 0.717) is 24.9 Å². The minimum Gasteiger partial charge on any atom is -0.481 e. The first-order chi connectivity index (χ1) is 12.2. The van der Waals surface area contributed by atoms with Crippen LogP contribution in [0, 0.1) is 5.92 Å². The summed E-state index contributed by atoms with van der Waals surface area (Å²) in [7, 11) is -2.14. The topological polar surface area (TPSA) is 107 Å². The van der Waals surface area contributed by atoms with E-state index < -0.39 is 28.0 Å². The number of aliphatic carboxylic acids is 1. The number of piperidine rings is 1. The number of carbonyl (C=O) groups is 2. The Kier molecular flexibility index (Phi) is 4.74. The molecule has 1 saturated heterocycles. The van der Waals surface area contributed by atoms with Crippen molar-refractivity contribution in [1.29, 1.82) is 0 Å². The van der Waals surface area contributed by atoms with E-state index in [9.17, 15) is 23.1 Å². The van der Waals surface area contributed by atoms with Crippen LogP contribution in [0.15, 0.2) is 33.6 Å². The number of likely N-dealkylation sites (tertiary alicyclic amines) is 1. The first kappa shape index (κ1) is 18.4. The molecule has 2 aliphatic heterocycles. The molecule has 9 heteroatoms. The third-order valence-electron chi connectivity index (χ3n) is 4.97. The monoisotopic (exact) mass is 379 g/mol. The fourth-order valence-corrected chi connectivity index (χ4v) is 4.81. The van der Waals surface area contributed by atoms with Gasteiger partial charge in [0, 0.05) is 25.2 Å². The van der Waals surface area contributed by atoms with Gasteiger partial charge in [0.25, 0.3) is 10.0 Å². The van der Waals surface area contributed by atoms with E-state index >= 15 is 0 Å². The van der Waals surface area contributed by atoms with Crippen molar-refractivity contribution in [3.63, 3.8) is 0 Å². The smallest absolute Gasteiger partial charge is 0.308 e. The third kappa shape index (κ3) is 3.18. The number of hydrogen-bond donors (Lipinski definition) is 1. The number of nitrogens with zero attached hydrogens (tertiary/aromatic N) is 3. The maximum absolute atomic E-state index is 12.7. The fraction of sp³-hybridized carbons (Fsp3) is 0.471. The van der Waals surface area contributed by atoms with E-state index in [0.717, 1.165) is 0 Å². The molecule has 1 amide bonds. The first-order valence-electron chi connectivity index (χ1n) is 8.40. The van der Waals surface area contributed by atoms with Crippen molar-refractivity contribution in [1.82, 2.24) is 9.80 Å². The summed E-state index contributed by atoms with van der Waals surface area (Å²) in [6.45, 7) is 2.17. The van der Waals surface area contributed by atoms with Crippen LogP contribution in [0.5, 0.6) is 0 Å². The van der Waals surface area contributed by atoms with Crippen molar-refractivity contribution in [3.8, 4) is 0 Å². The third-order valence-corrected chi connectivity index (χ3v) is 6.30. The van der Waals surface area contributed by atoms with Crippen molar-refractivity contribution in [2.75, 3.05) is 20.1 Å². The Bertz CT molecular complexity index is 880. The SMILES string of the molecule is C[C@@H]1[C@H](C(=O)O)CCCN1C(=O)CN(C)C1=NS(=O)(=O)c2ccccc21. The van der Waals surface area contributed by atoms with Gasteiger partial charge >= 0.3 is 5.97 Å². The lowest BCUT2D eigenvalue weighted by Gasteiger charge is -2.38. The van der Waals surface area contributed by atoms with Crippen LogP contribution in [-0.2, 0) is 19.6 Å². The van der Waals surface area contributed by atoms with Crippen molar-refractivity contribution in [2.45, 2.75) is 30.7 Å². The Balaban J connectivity index is 1.77. The highest BCUT2D eigenvalue weighted by Crippen LogP contribution is 2.28. The van der Waals surface area contributed by atoms with Gasteiger partial charge in [-0.3, -0.25) is 9.59 Å². The number of benzene rings is 1. The van der Waals surface area contributed by atoms with Crippen LogP contribution < -0.4 is 0 Å². The summed E-state index contributed by atoms with van der Waals surface area (Å²) in [6, 6.07) is 6.09. The summed E-state index contributed by atoms with van der Waals surface area (Å²) in [6.07, 6.45) is 1.18. The Morgan fingerprint density at radius 2 is 2.04 bits per heavy atom. The number of hydrogen-bond acceptors (Lipinski definition) is 5. The molecule has 3 rings (SSSR count). The minimum atomic E-state index is -3.75. The van der Waals surface area contributed by atoms with Crippen LogP contribution >= 0.6 is 0 Å². The Hall–Kier alpha value is -2.42. The molecule has 0 spiro atoms. The van der Waals surface area contributed by atoms with Gasteiger partial charge in [0.2, 0.25) is 5.91 Å². The van der Waals surface area contributed by atoms with E-state index in [2.05, 4.69) is 4.40 Å². The molecule has 0 radical (unpaired) electrons. The molecule has 0 unspecified atom stereocenters. The Morgan fingerprint density at radius 1 is 1.35 bits per heavy atom. The molecule has 26 heavy (non-hydrogen) atoms. The summed E-state index contributed by atoms with van der Waals surface area (Å²) < 4.78 is 28.1. The summed E-state index contributed by atoms with van der Waals surface area (Å²) >= 11 is 0. The van der Waals surface area contributed by atoms with Gasteiger partial charge in [0.1, 0.15) is 4.90 Å². The molecular weight excluding hydrogens is 358 g/mol. The van der Waals surface area contributed by atoms with Gasteiger partial charge in [0.05, 0.1) is 12.5 Å². The van der Waals surface area contributed by atoms with Crippen LogP contribution in [0.1, 0.15) is 25.3 Å². The zero-order valence-electron chi connectivity index (χ0n) is 14.6. The lowest BCUT2D eigenvalue weighted by molar-refractivity contribution is -0.149. The van der Waals surface area contributed by atoms with Crippen molar-refractivity contribution < 1.29 is 23.1 Å². The number of amidine groups is 1. The van der Waals surface area contributed by atoms with Crippen LogP contribution in [0.3, 0.4) is 0 Å². The van der Waals surface area contributed by atoms with Gasteiger partial charge in [0.15, 0.2) is 5.84 Å². The molecule has 2 atom stereocenters. The molecule has 0 aliphatic carbocycles. The molecule has 1 fully saturated rings. The van der Waals surface area contributed by atoms with E-state index in [4.69, 9.17) is 0 Å². The van der Waals surface area contributed by atoms with Crippen molar-refractivity contribution >= 4 is 27.7 Å². The van der Waals surface area contributed by atoms with E-state index in [-0.39, 0.29) is 23.2 Å². The largest absolute Gasteiger partial charge is 0.481 e. The molecule has 1 aromatic rings. The highest BCUT2D eigenvalue weighted by Gasteiger charge is 2.36. The zero-order valence-corrected chi connectivity index (χ0v) is 15.4. The standard InChI is InChI=1S/C17H21N3O5S/c1-11-12(17(22)23)7-5-9-20(11)15(21)10-19(2)16-13-6-3-4-8-14(13)26(24,25)18-16/h3-4,6,8,11-12H,5,7,9-10H2,1-2H3,(H,22,23)/t11-,12-/m1/s1. The predicted molar refractivity (Wildman–Crippen MR) is 94.3 cm³/mol. The van der Waals surface area contributed by atoms with E-state index in [1.54, 1.807) is 37.1 Å². The van der Waals surface area contributed by atoms with E-state index in [1.165, 1.54) is 11.0 Å². The number of carboxylic acid groups (broad SMARTS) is 1. The minimum absolute atomic E-state index is 0.0701. The number of fused-ring (bicyclic) bond motifs is 1. The average Bonchev–Trinajstić information content (AvgIpc) is 2.86. The molecule has 1 aromatic carbocycles. The lowest BCUT2D eigenvalue weighted by Crippen LogP contribution is -2.52. The fourth-order valence-electron chi connectivity index (χ4n) is 3.56. The van der Waals surface area contributed by atoms with Crippen LogP contribution in [0.4, 0.5) is 0 Å². The molecule has 140 valence electrons. The van der Waals surface area contributed by atoms with Crippen molar-refractivity contribution in [3.05, 3.63) is 29.8 Å². The Morgan fingerprint density at radius 3 is 2.73 bits per heavy atom. The number of sulfonamides is 1. The first-order valence-corrected chi connectivity index (χ1v) is 9.84. The van der Waals surface area contributed by atoms with Gasteiger partial charge in [-0.25, -0.2) is 0 Å². The summed E-state index contributed by atoms with van der Waals surface area (Å²) in [4.78, 5) is 27.2. The van der Waals surface area contributed by atoms with E-state index in [1.807, 2.05) is 0 Å². The number of rotatable bonds is 3. The molecule has 2 aliphatic rings. The van der Waals surface area contributed by atoms with Crippen LogP contribution in [-0.4, -0.2) is 67.2 Å². The molecule has 2 heterocycles. The molecule has 8 nitrogen and oxygen atoms in total. The number of carbonyl (C=O) groups excluding carboxylic acids is 1. The van der Waals surface area contributed by atoms with Gasteiger partial charge < -0.3 is 14.9 Å². The molecule has 0 aromatic heterocycles. The van der Waals surface area contributed by atoms with Crippen LogP contribution in [0.25, 0.3) is 0 Å². The predicted octanol–water partition coefficient (Wildman–Crippen LogP) is 0.779. The highest BCUT2D eigenvalue weighted by atomic mass is 32.2. The molecule has 0 bridgehead atoms. The number of amides is 1. The van der Waals surface area contributed by atoms with Crippen molar-refractivity contribution in [2.24, 2.45) is 10.3 Å². The zero-order chi connectivity index (χ0) is 19.1. The number of likely N-dealkylation sites (N-methyl/N-ethyl adjacent to an activating group) is 1. The van der Waals surface area contributed by atoms with Gasteiger partial charge in [-0.05, 0) is 31.9 Å². The molecule has 1 N–H and O–H groups in total. The summed E-state index contributed by atoms with van der Waals surface area (Å²) in [5, 5.41) is 9.30. The highest BCUT2D eigenvalue weighted by molar-refractivity contribution is 7.90. The summed E-state index contributed by atoms with van der Waals surface area (Å²) in [5.74, 6) is -1.49. The quantitative estimate of drug-likeness (QED) is 0.832. The lowest BCUT2D eigenvalue weighted by atomic mass is 9.90. The van der Waals surface area contributed by atoms with Crippen LogP contribution in [0.2, 0.25) is 0 Å². The van der Waals surface area contributed by atoms with Gasteiger partial charge in [-0.1, -0.05) is 12.1 Å². The second kappa shape index (κ2) is 6.71. The normalized spacial score (nSPS) is 23.9.